The monoisotopic (exact) mass is 399 g/mol. The van der Waals surface area contributed by atoms with Gasteiger partial charge < -0.3 is 20.0 Å². The lowest BCUT2D eigenvalue weighted by Crippen LogP contribution is -2.36. The maximum Gasteiger partial charge on any atom is 0.254 e. The van der Waals surface area contributed by atoms with Gasteiger partial charge in [0.05, 0.1) is 11.5 Å². The molecule has 0 bridgehead atoms. The predicted molar refractivity (Wildman–Crippen MR) is 102 cm³/mol. The molecule has 1 aliphatic heterocycles. The van der Waals surface area contributed by atoms with Crippen LogP contribution in [0.3, 0.4) is 0 Å². The number of hydrogen-bond donors (Lipinski definition) is 3. The third-order valence-electron chi connectivity index (χ3n) is 5.22. The molecular weight excluding hydrogens is 370 g/mol. The van der Waals surface area contributed by atoms with E-state index in [4.69, 9.17) is 10.2 Å². The van der Waals surface area contributed by atoms with Crippen LogP contribution in [-0.4, -0.2) is 80.3 Å². The quantitative estimate of drug-likeness (QED) is 0.548. The number of primary sulfonamides is 1. The Bertz CT molecular complexity index is 768. The van der Waals surface area contributed by atoms with Crippen molar-refractivity contribution < 1.29 is 23.4 Å². The summed E-state index contributed by atoms with van der Waals surface area (Å²) in [5.74, 6) is -0.222. The van der Waals surface area contributed by atoms with Crippen LogP contribution in [0.5, 0.6) is 0 Å². The molecular formula is C18H29N3O5S. The fourth-order valence-corrected chi connectivity index (χ4v) is 4.09. The minimum atomic E-state index is -3.89. The molecule has 1 amide bonds. The molecule has 2 atom stereocenters. The number of sulfonamides is 1. The van der Waals surface area contributed by atoms with Gasteiger partial charge in [-0.1, -0.05) is 13.0 Å². The Balaban J connectivity index is 2.20. The molecule has 1 aromatic rings. The summed E-state index contributed by atoms with van der Waals surface area (Å²) in [6.45, 7) is 6.69. The molecule has 1 aromatic carbocycles. The third-order valence-corrected chi connectivity index (χ3v) is 6.13. The minimum absolute atomic E-state index is 0.0265. The molecule has 8 nitrogen and oxygen atoms in total. The summed E-state index contributed by atoms with van der Waals surface area (Å²) in [7, 11) is -3.89. The molecule has 9 heteroatoms. The van der Waals surface area contributed by atoms with Crippen molar-refractivity contribution in [3.8, 4) is 0 Å². The predicted octanol–water partition coefficient (Wildman–Crippen LogP) is -0.363. The Morgan fingerprint density at radius 1 is 1.30 bits per heavy atom. The molecule has 1 heterocycles. The van der Waals surface area contributed by atoms with Crippen molar-refractivity contribution in [2.24, 2.45) is 17.0 Å². The third kappa shape index (κ3) is 5.26. The first-order valence-corrected chi connectivity index (χ1v) is 10.6. The largest absolute Gasteiger partial charge is 0.396 e. The Morgan fingerprint density at radius 3 is 2.52 bits per heavy atom. The smallest absolute Gasteiger partial charge is 0.254 e. The van der Waals surface area contributed by atoms with Crippen molar-refractivity contribution >= 4 is 15.9 Å². The second-order valence-electron chi connectivity index (χ2n) is 7.05. The van der Waals surface area contributed by atoms with Gasteiger partial charge in [0.15, 0.2) is 0 Å². The van der Waals surface area contributed by atoms with Gasteiger partial charge in [0.25, 0.3) is 5.91 Å². The average molecular weight is 400 g/mol. The van der Waals surface area contributed by atoms with E-state index in [2.05, 4.69) is 4.90 Å². The summed E-state index contributed by atoms with van der Waals surface area (Å²) in [4.78, 5) is 16.7. The van der Waals surface area contributed by atoms with E-state index in [1.165, 1.54) is 12.1 Å². The van der Waals surface area contributed by atoms with E-state index >= 15 is 0 Å². The van der Waals surface area contributed by atoms with Gasteiger partial charge in [-0.15, -0.1) is 0 Å². The highest BCUT2D eigenvalue weighted by atomic mass is 32.2. The Morgan fingerprint density at radius 2 is 1.96 bits per heavy atom. The number of rotatable bonds is 8. The highest BCUT2D eigenvalue weighted by molar-refractivity contribution is 7.89. The van der Waals surface area contributed by atoms with E-state index < -0.39 is 10.0 Å². The number of likely N-dealkylation sites (N-methyl/N-ethyl adjacent to an activating group) is 1. The van der Waals surface area contributed by atoms with Gasteiger partial charge in [-0.05, 0) is 37.1 Å². The molecule has 1 fully saturated rings. The zero-order valence-corrected chi connectivity index (χ0v) is 16.7. The molecule has 0 aliphatic carbocycles. The topological polar surface area (TPSA) is 124 Å². The van der Waals surface area contributed by atoms with Crippen LogP contribution in [0.4, 0.5) is 0 Å². The highest BCUT2D eigenvalue weighted by Gasteiger charge is 2.36. The molecule has 0 spiro atoms. The number of carbonyl (C=O) groups excluding carboxylic acids is 1. The summed E-state index contributed by atoms with van der Waals surface area (Å²) >= 11 is 0. The van der Waals surface area contributed by atoms with E-state index in [1.807, 2.05) is 6.92 Å². The van der Waals surface area contributed by atoms with E-state index in [1.54, 1.807) is 17.9 Å². The van der Waals surface area contributed by atoms with Crippen LogP contribution < -0.4 is 5.14 Å². The fraction of sp³-hybridized carbons (Fsp3) is 0.611. The molecule has 2 rings (SSSR count). The number of hydrogen-bond acceptors (Lipinski definition) is 6. The van der Waals surface area contributed by atoms with Gasteiger partial charge >= 0.3 is 0 Å². The van der Waals surface area contributed by atoms with Crippen molar-refractivity contribution in [3.63, 3.8) is 0 Å². The lowest BCUT2D eigenvalue weighted by molar-refractivity contribution is 0.0777. The minimum Gasteiger partial charge on any atom is -0.396 e. The maximum atomic E-state index is 13.0. The van der Waals surface area contributed by atoms with E-state index in [0.29, 0.717) is 37.3 Å². The van der Waals surface area contributed by atoms with Crippen LogP contribution in [0.25, 0.3) is 0 Å². The summed E-state index contributed by atoms with van der Waals surface area (Å²) in [5, 5.41) is 24.1. The summed E-state index contributed by atoms with van der Waals surface area (Å²) in [6, 6.07) is 4.28. The molecule has 0 aromatic heterocycles. The molecule has 1 saturated heterocycles. The molecule has 4 N–H and O–H groups in total. The molecule has 27 heavy (non-hydrogen) atoms. The number of aryl methyl sites for hydroxylation is 1. The Kier molecular flexibility index (Phi) is 7.35. The van der Waals surface area contributed by atoms with E-state index in [0.717, 1.165) is 6.54 Å². The molecule has 0 radical (unpaired) electrons. The van der Waals surface area contributed by atoms with Crippen LogP contribution in [0.15, 0.2) is 23.1 Å². The van der Waals surface area contributed by atoms with Gasteiger partial charge in [-0.2, -0.15) is 0 Å². The molecule has 0 unspecified atom stereocenters. The molecule has 1 aliphatic rings. The number of aliphatic hydroxyl groups is 2. The number of aliphatic hydroxyl groups excluding tert-OH is 2. The Labute approximate surface area is 160 Å². The maximum absolute atomic E-state index is 13.0. The van der Waals surface area contributed by atoms with E-state index in [-0.39, 0.29) is 35.9 Å². The van der Waals surface area contributed by atoms with Gasteiger partial charge in [0.2, 0.25) is 10.0 Å². The number of benzene rings is 1. The van der Waals surface area contributed by atoms with Crippen LogP contribution in [0.1, 0.15) is 22.8 Å². The highest BCUT2D eigenvalue weighted by Crippen LogP contribution is 2.27. The lowest BCUT2D eigenvalue weighted by atomic mass is 9.96. The standard InChI is InChI=1S/C18H29N3O5S/c1-3-20(6-7-22)9-14-10-21(11-15(14)12-23)18(24)17-8-16(27(19,25)26)5-4-13(17)2/h4-5,8,14-15,22-23H,3,6-7,9-12H2,1-2H3,(H2,19,25,26)/t14-,15-/m1/s1. The van der Waals surface area contributed by atoms with Gasteiger partial charge in [0, 0.05) is 44.3 Å². The van der Waals surface area contributed by atoms with Crippen molar-refractivity contribution in [2.45, 2.75) is 18.7 Å². The van der Waals surface area contributed by atoms with Gasteiger partial charge in [0.1, 0.15) is 0 Å². The van der Waals surface area contributed by atoms with Crippen molar-refractivity contribution in [1.82, 2.24) is 9.80 Å². The number of carbonyl (C=O) groups is 1. The Hall–Kier alpha value is -1.52. The van der Waals surface area contributed by atoms with E-state index in [9.17, 15) is 18.3 Å². The number of amides is 1. The second-order valence-corrected chi connectivity index (χ2v) is 8.61. The fourth-order valence-electron chi connectivity index (χ4n) is 3.55. The normalized spacial score (nSPS) is 20.4. The average Bonchev–Trinajstić information content (AvgIpc) is 3.03. The van der Waals surface area contributed by atoms with Crippen LogP contribution in [-0.2, 0) is 10.0 Å². The first-order valence-electron chi connectivity index (χ1n) is 9.08. The molecule has 152 valence electrons. The zero-order chi connectivity index (χ0) is 20.2. The second kappa shape index (κ2) is 9.11. The number of likely N-dealkylation sites (tertiary alicyclic amines) is 1. The zero-order valence-electron chi connectivity index (χ0n) is 15.8. The van der Waals surface area contributed by atoms with Gasteiger partial charge in [-0.25, -0.2) is 13.6 Å². The van der Waals surface area contributed by atoms with Crippen LogP contribution >= 0.6 is 0 Å². The SMILES string of the molecule is CCN(CCO)C[C@@H]1CN(C(=O)c2cc(S(N)(=O)=O)ccc2C)C[C@@H]1CO. The first-order chi connectivity index (χ1) is 12.7. The van der Waals surface area contributed by atoms with Crippen LogP contribution in [0.2, 0.25) is 0 Å². The summed E-state index contributed by atoms with van der Waals surface area (Å²) in [5.41, 5.74) is 0.980. The van der Waals surface area contributed by atoms with Crippen molar-refractivity contribution in [2.75, 3.05) is 45.9 Å². The first kappa shape index (κ1) is 21.8. The number of nitrogens with two attached hydrogens (primary N) is 1. The lowest BCUT2D eigenvalue weighted by Gasteiger charge is -2.25. The summed E-state index contributed by atoms with van der Waals surface area (Å²) < 4.78 is 23.2. The molecule has 0 saturated carbocycles. The van der Waals surface area contributed by atoms with Crippen molar-refractivity contribution in [1.29, 1.82) is 0 Å². The van der Waals surface area contributed by atoms with Crippen LogP contribution in [0, 0.1) is 18.8 Å². The number of nitrogens with zero attached hydrogens (tertiary/aromatic N) is 2. The summed E-state index contributed by atoms with van der Waals surface area (Å²) in [6.07, 6.45) is 0. The van der Waals surface area contributed by atoms with Crippen molar-refractivity contribution in [3.05, 3.63) is 29.3 Å². The van der Waals surface area contributed by atoms with Gasteiger partial charge in [-0.3, -0.25) is 4.79 Å².